The minimum atomic E-state index is -0.259. The molecule has 5 aromatic rings. The van der Waals surface area contributed by atoms with Crippen LogP contribution in [0.4, 0.5) is 0 Å². The summed E-state index contributed by atoms with van der Waals surface area (Å²) in [5.41, 5.74) is 2.75. The van der Waals surface area contributed by atoms with E-state index in [0.29, 0.717) is 35.3 Å². The van der Waals surface area contributed by atoms with Gasteiger partial charge in [-0.2, -0.15) is 0 Å². The first-order valence-corrected chi connectivity index (χ1v) is 10.5. The maximum absolute atomic E-state index is 13.4. The molecule has 33 heavy (non-hydrogen) atoms. The van der Waals surface area contributed by atoms with Crippen LogP contribution >= 0.6 is 0 Å². The van der Waals surface area contributed by atoms with E-state index in [0.717, 1.165) is 16.9 Å². The van der Waals surface area contributed by atoms with Crippen LogP contribution in [0.3, 0.4) is 0 Å². The van der Waals surface area contributed by atoms with Crippen molar-refractivity contribution in [3.63, 3.8) is 0 Å². The van der Waals surface area contributed by atoms with Crippen LogP contribution in [0.15, 0.2) is 83.9 Å². The molecule has 2 heterocycles. The van der Waals surface area contributed by atoms with Gasteiger partial charge in [0.15, 0.2) is 0 Å². The molecule has 0 atom stereocenters. The number of methoxy groups -OCH3 is 1. The van der Waals surface area contributed by atoms with E-state index >= 15 is 0 Å². The van der Waals surface area contributed by atoms with Crippen LogP contribution in [-0.2, 0) is 13.1 Å². The number of aromatic nitrogens is 4. The zero-order chi connectivity index (χ0) is 22.8. The molecule has 0 aliphatic heterocycles. The SMILES string of the molecule is COc1ccc(CNC(=O)c2ccc3c(c2)c(=O)n(Cc2ccccc2)c2nncn32)cc1. The summed E-state index contributed by atoms with van der Waals surface area (Å²) >= 11 is 0. The topological polar surface area (TPSA) is 90.5 Å². The van der Waals surface area contributed by atoms with Crippen LogP contribution in [-0.4, -0.2) is 32.2 Å². The number of benzene rings is 3. The molecule has 0 spiro atoms. The molecule has 0 aliphatic rings. The van der Waals surface area contributed by atoms with E-state index in [4.69, 9.17) is 4.74 Å². The molecule has 0 bridgehead atoms. The summed E-state index contributed by atoms with van der Waals surface area (Å²) in [6.45, 7) is 0.718. The molecule has 0 unspecified atom stereocenters. The highest BCUT2D eigenvalue weighted by Crippen LogP contribution is 2.16. The van der Waals surface area contributed by atoms with Crippen molar-refractivity contribution >= 4 is 22.6 Å². The van der Waals surface area contributed by atoms with Crippen LogP contribution in [0.5, 0.6) is 5.75 Å². The largest absolute Gasteiger partial charge is 0.497 e. The summed E-state index contributed by atoms with van der Waals surface area (Å²) < 4.78 is 8.49. The molecule has 164 valence electrons. The van der Waals surface area contributed by atoms with Gasteiger partial charge in [0.05, 0.1) is 24.6 Å². The monoisotopic (exact) mass is 439 g/mol. The standard InChI is InChI=1S/C25H21N5O3/c1-33-20-10-7-17(8-11-20)14-26-23(31)19-9-12-22-21(13-19)24(32)29(25-28-27-16-30(22)25)15-18-5-3-2-4-6-18/h2-13,16H,14-15H2,1H3,(H,26,31). The summed E-state index contributed by atoms with van der Waals surface area (Å²) in [4.78, 5) is 26.2. The predicted octanol–water partition coefficient (Wildman–Crippen LogP) is 3.03. The fraction of sp³-hybridized carbons (Fsp3) is 0.120. The molecular weight excluding hydrogens is 418 g/mol. The maximum Gasteiger partial charge on any atom is 0.263 e. The Morgan fingerprint density at radius 1 is 1.00 bits per heavy atom. The molecule has 0 fully saturated rings. The van der Waals surface area contributed by atoms with Crippen LogP contribution in [0, 0.1) is 0 Å². The fourth-order valence-corrected chi connectivity index (χ4v) is 3.81. The average molecular weight is 439 g/mol. The van der Waals surface area contributed by atoms with E-state index in [2.05, 4.69) is 15.5 Å². The second-order valence-electron chi connectivity index (χ2n) is 7.64. The lowest BCUT2D eigenvalue weighted by Gasteiger charge is -2.11. The fourth-order valence-electron chi connectivity index (χ4n) is 3.81. The zero-order valence-electron chi connectivity index (χ0n) is 17.9. The molecule has 8 nitrogen and oxygen atoms in total. The van der Waals surface area contributed by atoms with Gasteiger partial charge in [-0.3, -0.25) is 18.6 Å². The molecule has 0 saturated carbocycles. The smallest absolute Gasteiger partial charge is 0.263 e. The van der Waals surface area contributed by atoms with Gasteiger partial charge in [-0.15, -0.1) is 10.2 Å². The van der Waals surface area contributed by atoms with E-state index in [9.17, 15) is 9.59 Å². The first kappa shape index (κ1) is 20.4. The highest BCUT2D eigenvalue weighted by atomic mass is 16.5. The third-order valence-corrected chi connectivity index (χ3v) is 5.56. The van der Waals surface area contributed by atoms with Crippen molar-refractivity contribution in [3.8, 4) is 5.75 Å². The Morgan fingerprint density at radius 2 is 1.79 bits per heavy atom. The van der Waals surface area contributed by atoms with Crippen LogP contribution in [0.25, 0.3) is 16.7 Å². The van der Waals surface area contributed by atoms with E-state index in [1.165, 1.54) is 0 Å². The third-order valence-electron chi connectivity index (χ3n) is 5.56. The zero-order valence-corrected chi connectivity index (χ0v) is 17.9. The van der Waals surface area contributed by atoms with Gasteiger partial charge in [-0.25, -0.2) is 0 Å². The van der Waals surface area contributed by atoms with Crippen molar-refractivity contribution in [2.75, 3.05) is 7.11 Å². The van der Waals surface area contributed by atoms with Gasteiger partial charge >= 0.3 is 0 Å². The number of fused-ring (bicyclic) bond motifs is 3. The Balaban J connectivity index is 1.48. The summed E-state index contributed by atoms with van der Waals surface area (Å²) in [6, 6.07) is 22.2. The number of ether oxygens (including phenoxy) is 1. The summed E-state index contributed by atoms with van der Waals surface area (Å²) in [5, 5.41) is 11.5. The number of carbonyl (C=O) groups excluding carboxylic acids is 1. The van der Waals surface area contributed by atoms with Gasteiger partial charge < -0.3 is 10.1 Å². The second kappa shape index (κ2) is 8.58. The Bertz CT molecular complexity index is 1500. The van der Waals surface area contributed by atoms with E-state index < -0.39 is 0 Å². The van der Waals surface area contributed by atoms with Crippen molar-refractivity contribution in [2.24, 2.45) is 0 Å². The van der Waals surface area contributed by atoms with Crippen LogP contribution in [0.1, 0.15) is 21.5 Å². The van der Waals surface area contributed by atoms with Crippen molar-refractivity contribution < 1.29 is 9.53 Å². The first-order valence-electron chi connectivity index (χ1n) is 10.5. The summed E-state index contributed by atoms with van der Waals surface area (Å²) in [6.07, 6.45) is 1.57. The highest BCUT2D eigenvalue weighted by molar-refractivity contribution is 5.98. The Labute approximate surface area is 189 Å². The lowest BCUT2D eigenvalue weighted by Crippen LogP contribution is -2.25. The Morgan fingerprint density at radius 3 is 2.55 bits per heavy atom. The van der Waals surface area contributed by atoms with E-state index in [-0.39, 0.29) is 11.5 Å². The summed E-state index contributed by atoms with van der Waals surface area (Å²) in [7, 11) is 1.61. The molecule has 0 saturated heterocycles. The number of nitrogens with one attached hydrogen (secondary N) is 1. The molecule has 5 rings (SSSR count). The Hall–Kier alpha value is -4.46. The van der Waals surface area contributed by atoms with Crippen molar-refractivity contribution in [1.29, 1.82) is 0 Å². The number of hydrogen-bond donors (Lipinski definition) is 1. The number of amides is 1. The number of nitrogens with zero attached hydrogens (tertiary/aromatic N) is 4. The molecule has 3 aromatic carbocycles. The molecule has 8 heteroatoms. The van der Waals surface area contributed by atoms with Crippen molar-refractivity contribution in [1.82, 2.24) is 24.5 Å². The molecular formula is C25H21N5O3. The van der Waals surface area contributed by atoms with Gasteiger partial charge in [0.2, 0.25) is 5.78 Å². The van der Waals surface area contributed by atoms with Gasteiger partial charge in [0, 0.05) is 12.1 Å². The lowest BCUT2D eigenvalue weighted by atomic mass is 10.1. The van der Waals surface area contributed by atoms with Crippen molar-refractivity contribution in [2.45, 2.75) is 13.1 Å². The van der Waals surface area contributed by atoms with Crippen LogP contribution < -0.4 is 15.6 Å². The normalized spacial score (nSPS) is 11.1. The highest BCUT2D eigenvalue weighted by Gasteiger charge is 2.15. The lowest BCUT2D eigenvalue weighted by molar-refractivity contribution is 0.0951. The average Bonchev–Trinajstić information content (AvgIpc) is 3.36. The van der Waals surface area contributed by atoms with Gasteiger partial charge in [0.25, 0.3) is 11.5 Å². The number of hydrogen-bond acceptors (Lipinski definition) is 5. The van der Waals surface area contributed by atoms with Crippen molar-refractivity contribution in [3.05, 3.63) is 106 Å². The Kier molecular flexibility index (Phi) is 5.32. The van der Waals surface area contributed by atoms with Gasteiger partial charge in [0.1, 0.15) is 12.1 Å². The number of rotatable bonds is 6. The maximum atomic E-state index is 13.4. The third kappa shape index (κ3) is 3.94. The van der Waals surface area contributed by atoms with Crippen LogP contribution in [0.2, 0.25) is 0 Å². The summed E-state index contributed by atoms with van der Waals surface area (Å²) in [5.74, 6) is 0.949. The first-order chi connectivity index (χ1) is 16.1. The van der Waals surface area contributed by atoms with E-state index in [1.807, 2.05) is 54.6 Å². The minimum absolute atomic E-state index is 0.223. The van der Waals surface area contributed by atoms with Gasteiger partial charge in [-0.05, 0) is 41.5 Å². The molecule has 1 amide bonds. The molecule has 0 aliphatic carbocycles. The quantitative estimate of drug-likeness (QED) is 0.439. The molecule has 2 aromatic heterocycles. The molecule has 1 N–H and O–H groups in total. The van der Waals surface area contributed by atoms with Gasteiger partial charge in [-0.1, -0.05) is 42.5 Å². The second-order valence-corrected chi connectivity index (χ2v) is 7.64. The van der Waals surface area contributed by atoms with E-state index in [1.54, 1.807) is 40.6 Å². The molecule has 0 radical (unpaired) electrons. The minimum Gasteiger partial charge on any atom is -0.497 e. The predicted molar refractivity (Wildman–Crippen MR) is 124 cm³/mol. The number of carbonyl (C=O) groups is 1.